The highest BCUT2D eigenvalue weighted by Crippen LogP contribution is 2.35. The summed E-state index contributed by atoms with van der Waals surface area (Å²) in [6.45, 7) is 3.49. The minimum atomic E-state index is -0.758. The van der Waals surface area contributed by atoms with E-state index in [1.165, 1.54) is 6.07 Å². The van der Waals surface area contributed by atoms with Gasteiger partial charge in [0.05, 0.1) is 5.56 Å². The molecule has 104 valence electrons. The number of halogens is 2. The number of ketones is 1. The van der Waals surface area contributed by atoms with Crippen molar-refractivity contribution in [3.8, 4) is 0 Å². The molecule has 0 aromatic heterocycles. The minimum absolute atomic E-state index is 0.0125. The van der Waals surface area contributed by atoms with Crippen LogP contribution in [0, 0.1) is 17.0 Å². The summed E-state index contributed by atoms with van der Waals surface area (Å²) in [7, 11) is 0. The number of hydrogen-bond acceptors (Lipinski definition) is 2. The number of benzene rings is 1. The van der Waals surface area contributed by atoms with Crippen molar-refractivity contribution in [1.82, 2.24) is 5.32 Å². The molecule has 19 heavy (non-hydrogen) atoms. The second kappa shape index (κ2) is 5.78. The van der Waals surface area contributed by atoms with Gasteiger partial charge in [0.1, 0.15) is 11.6 Å². The molecule has 1 aliphatic heterocycles. The van der Waals surface area contributed by atoms with Crippen LogP contribution in [0.1, 0.15) is 43.0 Å². The summed E-state index contributed by atoms with van der Waals surface area (Å²) in [6, 6.07) is 3.19. The first kappa shape index (κ1) is 14.1. The number of hydrogen-bond donors (Lipinski definition) is 1. The van der Waals surface area contributed by atoms with E-state index >= 15 is 0 Å². The quantitative estimate of drug-likeness (QED) is 0.848. The number of carbonyl (C=O) groups excluding carboxylic acids is 1. The average Bonchev–Trinajstić information content (AvgIpc) is 2.39. The maximum atomic E-state index is 13.8. The lowest BCUT2D eigenvalue weighted by atomic mass is 9.71. The van der Waals surface area contributed by atoms with Gasteiger partial charge in [0.2, 0.25) is 0 Å². The Labute approximate surface area is 112 Å². The van der Waals surface area contributed by atoms with Crippen molar-refractivity contribution in [2.45, 2.75) is 32.6 Å². The van der Waals surface area contributed by atoms with E-state index in [0.717, 1.165) is 44.4 Å². The van der Waals surface area contributed by atoms with Crippen molar-refractivity contribution in [1.29, 1.82) is 0 Å². The number of Topliss-reactive ketones (excluding diaryl/α,β-unsaturated/α-hetero) is 1. The van der Waals surface area contributed by atoms with E-state index in [0.29, 0.717) is 6.54 Å². The SMILES string of the molecule is CCCC1(C(=O)c2ccc(F)cc2F)CCCNC1. The van der Waals surface area contributed by atoms with Gasteiger partial charge in [0, 0.05) is 18.0 Å². The Morgan fingerprint density at radius 1 is 1.42 bits per heavy atom. The Bertz CT molecular complexity index is 462. The monoisotopic (exact) mass is 267 g/mol. The fourth-order valence-corrected chi connectivity index (χ4v) is 2.93. The van der Waals surface area contributed by atoms with E-state index in [4.69, 9.17) is 0 Å². The first-order valence-electron chi connectivity index (χ1n) is 6.79. The van der Waals surface area contributed by atoms with Crippen LogP contribution in [0.5, 0.6) is 0 Å². The Hall–Kier alpha value is -1.29. The van der Waals surface area contributed by atoms with E-state index in [1.54, 1.807) is 0 Å². The molecule has 1 atom stereocenters. The molecule has 0 saturated carbocycles. The average molecular weight is 267 g/mol. The fourth-order valence-electron chi connectivity index (χ4n) is 2.93. The van der Waals surface area contributed by atoms with Crippen molar-refractivity contribution in [3.63, 3.8) is 0 Å². The van der Waals surface area contributed by atoms with Gasteiger partial charge in [0.15, 0.2) is 5.78 Å². The third kappa shape index (κ3) is 2.84. The highest BCUT2D eigenvalue weighted by Gasteiger charge is 2.39. The summed E-state index contributed by atoms with van der Waals surface area (Å²) in [5.74, 6) is -1.61. The lowest BCUT2D eigenvalue weighted by Gasteiger charge is -2.36. The Morgan fingerprint density at radius 3 is 2.79 bits per heavy atom. The molecule has 0 aliphatic carbocycles. The van der Waals surface area contributed by atoms with Crippen molar-refractivity contribution in [2.24, 2.45) is 5.41 Å². The largest absolute Gasteiger partial charge is 0.316 e. The number of piperidine rings is 1. The Balaban J connectivity index is 2.33. The van der Waals surface area contributed by atoms with Crippen LogP contribution in [0.15, 0.2) is 18.2 Å². The number of nitrogens with one attached hydrogen (secondary N) is 1. The van der Waals surface area contributed by atoms with E-state index in [9.17, 15) is 13.6 Å². The van der Waals surface area contributed by atoms with Gasteiger partial charge in [-0.1, -0.05) is 13.3 Å². The Kier molecular flexibility index (Phi) is 4.30. The Morgan fingerprint density at radius 2 is 2.21 bits per heavy atom. The molecule has 1 aromatic rings. The van der Waals surface area contributed by atoms with Gasteiger partial charge in [-0.15, -0.1) is 0 Å². The topological polar surface area (TPSA) is 29.1 Å². The van der Waals surface area contributed by atoms with Crippen LogP contribution in [0.2, 0.25) is 0 Å². The predicted molar refractivity (Wildman–Crippen MR) is 70.1 cm³/mol. The zero-order valence-electron chi connectivity index (χ0n) is 11.1. The molecule has 4 heteroatoms. The standard InChI is InChI=1S/C15H19F2NO/c1-2-6-15(7-3-8-18-10-15)14(19)12-5-4-11(16)9-13(12)17/h4-5,9,18H,2-3,6-8,10H2,1H3. The third-order valence-corrected chi connectivity index (χ3v) is 3.86. The van der Waals surface area contributed by atoms with Crippen molar-refractivity contribution in [2.75, 3.05) is 13.1 Å². The maximum absolute atomic E-state index is 13.8. The predicted octanol–water partition coefficient (Wildman–Crippen LogP) is 3.32. The molecule has 1 aromatic carbocycles. The molecular formula is C15H19F2NO. The fraction of sp³-hybridized carbons (Fsp3) is 0.533. The summed E-state index contributed by atoms with van der Waals surface area (Å²) in [5.41, 5.74) is -0.523. The van der Waals surface area contributed by atoms with Crippen LogP contribution in [0.25, 0.3) is 0 Å². The minimum Gasteiger partial charge on any atom is -0.316 e. The maximum Gasteiger partial charge on any atom is 0.173 e. The van der Waals surface area contributed by atoms with Crippen LogP contribution in [0.3, 0.4) is 0 Å². The lowest BCUT2D eigenvalue weighted by Crippen LogP contribution is -2.45. The summed E-state index contributed by atoms with van der Waals surface area (Å²) in [4.78, 5) is 12.6. The van der Waals surface area contributed by atoms with Crippen LogP contribution in [-0.2, 0) is 0 Å². The molecule has 0 amide bonds. The lowest BCUT2D eigenvalue weighted by molar-refractivity contribution is 0.0713. The number of carbonyl (C=O) groups is 1. The smallest absolute Gasteiger partial charge is 0.173 e. The molecule has 2 nitrogen and oxygen atoms in total. The number of rotatable bonds is 4. The first-order valence-corrected chi connectivity index (χ1v) is 6.79. The van der Waals surface area contributed by atoms with Crippen LogP contribution in [-0.4, -0.2) is 18.9 Å². The molecule has 1 aliphatic rings. The summed E-state index contributed by atoms with van der Waals surface area (Å²) in [6.07, 6.45) is 3.28. The molecule has 1 saturated heterocycles. The third-order valence-electron chi connectivity index (χ3n) is 3.86. The second-order valence-corrected chi connectivity index (χ2v) is 5.26. The molecule has 0 bridgehead atoms. The second-order valence-electron chi connectivity index (χ2n) is 5.26. The van der Waals surface area contributed by atoms with Gasteiger partial charge >= 0.3 is 0 Å². The van der Waals surface area contributed by atoms with Gasteiger partial charge in [-0.25, -0.2) is 8.78 Å². The molecule has 1 fully saturated rings. The molecule has 0 spiro atoms. The van der Waals surface area contributed by atoms with Crippen LogP contribution >= 0.6 is 0 Å². The first-order chi connectivity index (χ1) is 9.09. The van der Waals surface area contributed by atoms with Crippen molar-refractivity contribution < 1.29 is 13.6 Å². The summed E-state index contributed by atoms with van der Waals surface area (Å²) in [5, 5.41) is 3.22. The molecule has 1 heterocycles. The van der Waals surface area contributed by atoms with E-state index in [2.05, 4.69) is 5.32 Å². The van der Waals surface area contributed by atoms with Gasteiger partial charge < -0.3 is 5.32 Å². The van der Waals surface area contributed by atoms with Gasteiger partial charge in [-0.2, -0.15) is 0 Å². The molecule has 0 radical (unpaired) electrons. The molecule has 1 N–H and O–H groups in total. The molecule has 1 unspecified atom stereocenters. The highest BCUT2D eigenvalue weighted by atomic mass is 19.1. The molecular weight excluding hydrogens is 248 g/mol. The van der Waals surface area contributed by atoms with Gasteiger partial charge in [0.25, 0.3) is 0 Å². The van der Waals surface area contributed by atoms with Crippen molar-refractivity contribution >= 4 is 5.78 Å². The van der Waals surface area contributed by atoms with Gasteiger partial charge in [-0.05, 0) is 37.9 Å². The van der Waals surface area contributed by atoms with E-state index in [-0.39, 0.29) is 11.3 Å². The zero-order valence-corrected chi connectivity index (χ0v) is 11.1. The molecule has 2 rings (SSSR count). The normalized spacial score (nSPS) is 23.3. The van der Waals surface area contributed by atoms with E-state index in [1.807, 2.05) is 6.92 Å². The summed E-state index contributed by atoms with van der Waals surface area (Å²) >= 11 is 0. The highest BCUT2D eigenvalue weighted by molar-refractivity contribution is 6.01. The van der Waals surface area contributed by atoms with Crippen LogP contribution < -0.4 is 5.32 Å². The van der Waals surface area contributed by atoms with Gasteiger partial charge in [-0.3, -0.25) is 4.79 Å². The zero-order chi connectivity index (χ0) is 13.9. The van der Waals surface area contributed by atoms with E-state index < -0.39 is 17.0 Å². The summed E-state index contributed by atoms with van der Waals surface area (Å²) < 4.78 is 26.7. The van der Waals surface area contributed by atoms with Crippen molar-refractivity contribution in [3.05, 3.63) is 35.4 Å². The van der Waals surface area contributed by atoms with Crippen LogP contribution in [0.4, 0.5) is 8.78 Å².